The number of aliphatic hydroxyl groups excluding tert-OH is 1. The molecule has 4 heteroatoms. The second-order valence-electron chi connectivity index (χ2n) is 2.71. The van der Waals surface area contributed by atoms with E-state index in [9.17, 15) is 0 Å². The van der Waals surface area contributed by atoms with Gasteiger partial charge in [0, 0.05) is 27.8 Å². The van der Waals surface area contributed by atoms with Gasteiger partial charge >= 0.3 is 0 Å². The molecule has 1 aromatic rings. The molecule has 0 amide bonds. The summed E-state index contributed by atoms with van der Waals surface area (Å²) in [5.74, 6) is 0. The molecule has 0 spiro atoms. The van der Waals surface area contributed by atoms with Crippen LogP contribution < -0.4 is 5.32 Å². The molecule has 1 heterocycles. The highest BCUT2D eigenvalue weighted by molar-refractivity contribution is 9.10. The van der Waals surface area contributed by atoms with Gasteiger partial charge in [-0.15, -0.1) is 11.3 Å². The first-order chi connectivity index (χ1) is 5.68. The molecule has 0 radical (unpaired) electrons. The van der Waals surface area contributed by atoms with Gasteiger partial charge in [0.1, 0.15) is 0 Å². The lowest BCUT2D eigenvalue weighted by Gasteiger charge is -2.04. The van der Waals surface area contributed by atoms with Crippen LogP contribution in [-0.2, 0) is 6.54 Å². The molecule has 0 unspecified atom stereocenters. The summed E-state index contributed by atoms with van der Waals surface area (Å²) >= 11 is 5.10. The fourth-order valence-electron chi connectivity index (χ4n) is 0.851. The molecule has 1 aromatic heterocycles. The van der Waals surface area contributed by atoms with Gasteiger partial charge in [-0.1, -0.05) is 0 Å². The lowest BCUT2D eigenvalue weighted by Crippen LogP contribution is -2.23. The minimum absolute atomic E-state index is 0.270. The van der Waals surface area contributed by atoms with Crippen LogP contribution in [-0.4, -0.2) is 17.8 Å². The van der Waals surface area contributed by atoms with Crippen LogP contribution in [0.1, 0.15) is 11.8 Å². The Balaban J connectivity index is 2.24. The Morgan fingerprint density at radius 2 is 2.50 bits per heavy atom. The average molecular weight is 250 g/mol. The Bertz CT molecular complexity index is 237. The number of halogens is 1. The summed E-state index contributed by atoms with van der Waals surface area (Å²) in [6, 6.07) is 2.08. The van der Waals surface area contributed by atoms with Crippen molar-refractivity contribution in [1.82, 2.24) is 5.32 Å². The van der Waals surface area contributed by atoms with Crippen molar-refractivity contribution < 1.29 is 5.11 Å². The Morgan fingerprint density at radius 1 is 1.75 bits per heavy atom. The molecule has 0 saturated heterocycles. The Morgan fingerprint density at radius 3 is 3.00 bits per heavy atom. The predicted octanol–water partition coefficient (Wildman–Crippen LogP) is 1.98. The largest absolute Gasteiger partial charge is 0.392 e. The SMILES string of the molecule is C[C@H](O)CNCc1cc(Br)cs1. The quantitative estimate of drug-likeness (QED) is 0.856. The van der Waals surface area contributed by atoms with E-state index in [1.54, 1.807) is 18.3 Å². The summed E-state index contributed by atoms with van der Waals surface area (Å²) in [5, 5.41) is 14.2. The third-order valence-corrected chi connectivity index (χ3v) is 3.06. The van der Waals surface area contributed by atoms with E-state index in [0.717, 1.165) is 11.0 Å². The van der Waals surface area contributed by atoms with Crippen molar-refractivity contribution in [1.29, 1.82) is 0 Å². The molecule has 2 nitrogen and oxygen atoms in total. The molecule has 1 rings (SSSR count). The van der Waals surface area contributed by atoms with Crippen LogP contribution in [0.2, 0.25) is 0 Å². The van der Waals surface area contributed by atoms with Crippen LogP contribution in [0, 0.1) is 0 Å². The fourth-order valence-corrected chi connectivity index (χ4v) is 2.27. The van der Waals surface area contributed by atoms with Gasteiger partial charge in [-0.25, -0.2) is 0 Å². The fraction of sp³-hybridized carbons (Fsp3) is 0.500. The zero-order valence-electron chi connectivity index (χ0n) is 6.88. The van der Waals surface area contributed by atoms with E-state index < -0.39 is 0 Å². The number of aliphatic hydroxyl groups is 1. The minimum Gasteiger partial charge on any atom is -0.392 e. The molecule has 0 aliphatic rings. The summed E-state index contributed by atoms with van der Waals surface area (Å²) in [5.41, 5.74) is 0. The van der Waals surface area contributed by atoms with Crippen LogP contribution >= 0.6 is 27.3 Å². The van der Waals surface area contributed by atoms with E-state index in [4.69, 9.17) is 5.11 Å². The summed E-state index contributed by atoms with van der Waals surface area (Å²) in [6.45, 7) is 3.26. The normalized spacial score (nSPS) is 13.2. The molecule has 0 aliphatic carbocycles. The van der Waals surface area contributed by atoms with Crippen LogP contribution in [0.4, 0.5) is 0 Å². The van der Waals surface area contributed by atoms with Crippen molar-refractivity contribution in [2.24, 2.45) is 0 Å². The highest BCUT2D eigenvalue weighted by Crippen LogP contribution is 2.19. The smallest absolute Gasteiger partial charge is 0.0636 e. The van der Waals surface area contributed by atoms with Crippen molar-refractivity contribution in [2.45, 2.75) is 19.6 Å². The first-order valence-electron chi connectivity index (χ1n) is 3.80. The molecule has 1 atom stereocenters. The van der Waals surface area contributed by atoms with E-state index >= 15 is 0 Å². The van der Waals surface area contributed by atoms with Crippen LogP contribution in [0.5, 0.6) is 0 Å². The molecule has 0 aromatic carbocycles. The second-order valence-corrected chi connectivity index (χ2v) is 4.62. The van der Waals surface area contributed by atoms with E-state index in [2.05, 4.69) is 32.7 Å². The molecule has 12 heavy (non-hydrogen) atoms. The summed E-state index contributed by atoms with van der Waals surface area (Å²) in [7, 11) is 0. The van der Waals surface area contributed by atoms with E-state index in [0.29, 0.717) is 6.54 Å². The van der Waals surface area contributed by atoms with Gasteiger partial charge in [-0.05, 0) is 28.9 Å². The lowest BCUT2D eigenvalue weighted by molar-refractivity contribution is 0.191. The number of rotatable bonds is 4. The standard InChI is InChI=1S/C8H12BrNOS/c1-6(11)3-10-4-8-2-7(9)5-12-8/h2,5-6,10-11H,3-4H2,1H3/t6-/m0/s1. The Labute approximate surface area is 84.7 Å². The highest BCUT2D eigenvalue weighted by Gasteiger charge is 1.98. The molecule has 0 fully saturated rings. The van der Waals surface area contributed by atoms with Crippen LogP contribution in [0.3, 0.4) is 0 Å². The highest BCUT2D eigenvalue weighted by atomic mass is 79.9. The summed E-state index contributed by atoms with van der Waals surface area (Å²) < 4.78 is 1.13. The van der Waals surface area contributed by atoms with Gasteiger partial charge in [-0.2, -0.15) is 0 Å². The maximum atomic E-state index is 8.97. The van der Waals surface area contributed by atoms with Gasteiger partial charge in [0.05, 0.1) is 6.10 Å². The first kappa shape index (κ1) is 10.2. The maximum absolute atomic E-state index is 8.97. The van der Waals surface area contributed by atoms with Crippen molar-refractivity contribution in [3.05, 3.63) is 20.8 Å². The zero-order chi connectivity index (χ0) is 8.97. The van der Waals surface area contributed by atoms with Crippen molar-refractivity contribution in [3.8, 4) is 0 Å². The summed E-state index contributed by atoms with van der Waals surface area (Å²) in [6.07, 6.45) is -0.270. The van der Waals surface area contributed by atoms with Gasteiger partial charge in [0.2, 0.25) is 0 Å². The molecule has 0 bridgehead atoms. The summed E-state index contributed by atoms with van der Waals surface area (Å²) in [4.78, 5) is 1.28. The molecular weight excluding hydrogens is 238 g/mol. The topological polar surface area (TPSA) is 32.3 Å². The van der Waals surface area contributed by atoms with Crippen molar-refractivity contribution in [3.63, 3.8) is 0 Å². The zero-order valence-corrected chi connectivity index (χ0v) is 9.28. The van der Waals surface area contributed by atoms with Crippen molar-refractivity contribution >= 4 is 27.3 Å². The van der Waals surface area contributed by atoms with E-state index in [-0.39, 0.29) is 6.10 Å². The van der Waals surface area contributed by atoms with Crippen molar-refractivity contribution in [2.75, 3.05) is 6.54 Å². The third kappa shape index (κ3) is 3.67. The van der Waals surface area contributed by atoms with Gasteiger partial charge < -0.3 is 10.4 Å². The maximum Gasteiger partial charge on any atom is 0.0636 e. The first-order valence-corrected chi connectivity index (χ1v) is 5.47. The number of hydrogen-bond acceptors (Lipinski definition) is 3. The lowest BCUT2D eigenvalue weighted by atomic mass is 10.4. The van der Waals surface area contributed by atoms with Crippen LogP contribution in [0.25, 0.3) is 0 Å². The third-order valence-electron chi connectivity index (χ3n) is 1.36. The van der Waals surface area contributed by atoms with Gasteiger partial charge in [0.15, 0.2) is 0 Å². The predicted molar refractivity (Wildman–Crippen MR) is 55.4 cm³/mol. The second kappa shape index (κ2) is 4.97. The molecule has 68 valence electrons. The van der Waals surface area contributed by atoms with E-state index in [1.807, 2.05) is 0 Å². The monoisotopic (exact) mass is 249 g/mol. The van der Waals surface area contributed by atoms with Gasteiger partial charge in [-0.3, -0.25) is 0 Å². The molecule has 0 aliphatic heterocycles. The Hall–Kier alpha value is 0.1000. The Kier molecular flexibility index (Phi) is 4.21. The molecule has 2 N–H and O–H groups in total. The van der Waals surface area contributed by atoms with Crippen LogP contribution in [0.15, 0.2) is 15.9 Å². The number of nitrogens with one attached hydrogen (secondary N) is 1. The molecular formula is C8H12BrNOS. The molecule has 0 saturated carbocycles. The minimum atomic E-state index is -0.270. The number of hydrogen-bond donors (Lipinski definition) is 2. The van der Waals surface area contributed by atoms with Gasteiger partial charge in [0.25, 0.3) is 0 Å². The van der Waals surface area contributed by atoms with E-state index in [1.165, 1.54) is 4.88 Å². The number of thiophene rings is 1. The average Bonchev–Trinajstić information content (AvgIpc) is 2.35.